The highest BCUT2D eigenvalue weighted by molar-refractivity contribution is 6.24. The van der Waals surface area contributed by atoms with E-state index in [0.717, 1.165) is 22.6 Å². The van der Waals surface area contributed by atoms with Gasteiger partial charge in [-0.2, -0.15) is 0 Å². The van der Waals surface area contributed by atoms with Gasteiger partial charge in [0.2, 0.25) is 5.78 Å². The zero-order valence-corrected chi connectivity index (χ0v) is 22.8. The van der Waals surface area contributed by atoms with E-state index in [1.165, 1.54) is 11.0 Å². The maximum Gasteiger partial charge on any atom is 0.255 e. The summed E-state index contributed by atoms with van der Waals surface area (Å²) in [5, 5.41) is 46.7. The molecule has 0 heterocycles. The second kappa shape index (κ2) is 9.37. The van der Waals surface area contributed by atoms with Crippen molar-refractivity contribution in [3.63, 3.8) is 0 Å². The van der Waals surface area contributed by atoms with Crippen molar-refractivity contribution in [2.75, 3.05) is 14.1 Å². The van der Waals surface area contributed by atoms with Gasteiger partial charge in [0.05, 0.1) is 11.6 Å². The van der Waals surface area contributed by atoms with E-state index in [9.17, 15) is 39.6 Å². The maximum absolute atomic E-state index is 14.0. The number of likely N-dealkylation sites (N-methyl/N-ethyl adjacent to an activating group) is 1. The number of fused-ring (bicyclic) bond motifs is 4. The number of hydrogen-bond acceptors (Lipinski definition) is 9. The van der Waals surface area contributed by atoms with Crippen LogP contribution < -0.4 is 5.73 Å². The second-order valence-electron chi connectivity index (χ2n) is 11.3. The van der Waals surface area contributed by atoms with Crippen molar-refractivity contribution < 1.29 is 39.6 Å². The first-order valence-corrected chi connectivity index (χ1v) is 13.4. The Morgan fingerprint density at radius 3 is 2.31 bits per heavy atom. The lowest BCUT2D eigenvalue weighted by Crippen LogP contribution is -2.65. The van der Waals surface area contributed by atoms with Crippen LogP contribution in [0.2, 0.25) is 0 Å². The van der Waals surface area contributed by atoms with Crippen molar-refractivity contribution in [3.8, 4) is 16.9 Å². The SMILES string of the molecule is CN(C)[C@@H]1C(=O)C(C(N)=O)=C(O)[C@@]2(O)C(=O)C3=C(O)c4c(O)ccc(-c5ccc(C=O)c6ccccc56)c4C[C@H]3C[C@@H]12. The number of carbonyl (C=O) groups is 4. The number of nitrogens with zero attached hydrogens (tertiary/aromatic N) is 1. The summed E-state index contributed by atoms with van der Waals surface area (Å²) in [6.45, 7) is 0. The summed E-state index contributed by atoms with van der Waals surface area (Å²) in [6.07, 6.45) is 0.919. The number of Topliss-reactive ketones (excluding diaryl/α,β-unsaturated/α-hetero) is 2. The molecule has 0 unspecified atom stereocenters. The molecule has 0 saturated heterocycles. The predicted octanol–water partition coefficient (Wildman–Crippen LogP) is 2.60. The van der Waals surface area contributed by atoms with Crippen LogP contribution in [0.5, 0.6) is 5.75 Å². The monoisotopic (exact) mass is 568 g/mol. The highest BCUT2D eigenvalue weighted by atomic mass is 16.3. The van der Waals surface area contributed by atoms with Gasteiger partial charge in [0, 0.05) is 17.1 Å². The van der Waals surface area contributed by atoms with Crippen molar-refractivity contribution in [1.82, 2.24) is 4.90 Å². The van der Waals surface area contributed by atoms with Crippen LogP contribution in [0.25, 0.3) is 27.7 Å². The summed E-state index contributed by atoms with van der Waals surface area (Å²) in [6, 6.07) is 12.8. The lowest BCUT2D eigenvalue weighted by molar-refractivity contribution is -0.153. The van der Waals surface area contributed by atoms with Gasteiger partial charge in [-0.05, 0) is 66.4 Å². The van der Waals surface area contributed by atoms with Gasteiger partial charge in [-0.3, -0.25) is 24.1 Å². The Kier molecular flexibility index (Phi) is 6.10. The van der Waals surface area contributed by atoms with Gasteiger partial charge in [0.1, 0.15) is 22.8 Å². The number of aldehydes is 1. The molecule has 1 fully saturated rings. The number of amides is 1. The van der Waals surface area contributed by atoms with Crippen LogP contribution in [0.4, 0.5) is 0 Å². The third kappa shape index (κ3) is 3.52. The maximum atomic E-state index is 14.0. The molecule has 10 heteroatoms. The number of rotatable bonds is 4. The minimum absolute atomic E-state index is 0.00679. The number of phenolic OH excluding ortho intramolecular Hbond substituents is 1. The fraction of sp³-hybridized carbons (Fsp3) is 0.250. The van der Waals surface area contributed by atoms with Gasteiger partial charge in [-0.1, -0.05) is 42.5 Å². The third-order valence-corrected chi connectivity index (χ3v) is 8.98. The lowest BCUT2D eigenvalue weighted by atomic mass is 9.57. The Morgan fingerprint density at radius 1 is 1.00 bits per heavy atom. The van der Waals surface area contributed by atoms with Crippen molar-refractivity contribution in [2.24, 2.45) is 17.6 Å². The van der Waals surface area contributed by atoms with Crippen LogP contribution in [0.1, 0.15) is 27.9 Å². The first-order valence-electron chi connectivity index (χ1n) is 13.4. The molecule has 42 heavy (non-hydrogen) atoms. The van der Waals surface area contributed by atoms with Crippen LogP contribution >= 0.6 is 0 Å². The van der Waals surface area contributed by atoms with Crippen LogP contribution in [-0.2, 0) is 20.8 Å². The standard InChI is InChI=1S/C32H28N2O8/c1-34(2)26-21-12-15-11-20-19(18-8-7-14(13-35)16-5-3-4-6-17(16)18)9-10-22(36)24(20)27(37)23(15)29(39)32(21,42)30(40)25(28(26)38)31(33)41/h3-10,13,15,21,26,36-37,40,42H,11-12H2,1-2H3,(H2,33,41)/t15-,21-,26-,32-/m0/s1. The summed E-state index contributed by atoms with van der Waals surface area (Å²) in [5.41, 5.74) is 4.08. The number of aromatic hydroxyl groups is 1. The number of ketones is 2. The first kappa shape index (κ1) is 27.4. The molecular weight excluding hydrogens is 540 g/mol. The number of aliphatic hydroxyl groups excluding tert-OH is 2. The smallest absolute Gasteiger partial charge is 0.255 e. The van der Waals surface area contributed by atoms with Gasteiger partial charge in [0.15, 0.2) is 17.7 Å². The van der Waals surface area contributed by atoms with Gasteiger partial charge in [0.25, 0.3) is 5.91 Å². The summed E-state index contributed by atoms with van der Waals surface area (Å²) in [7, 11) is 3.11. The molecule has 1 saturated carbocycles. The number of hydrogen-bond donors (Lipinski definition) is 5. The number of carbonyl (C=O) groups excluding carboxylic acids is 4. The molecular formula is C32H28N2O8. The molecule has 0 aromatic heterocycles. The van der Waals surface area contributed by atoms with Gasteiger partial charge in [-0.15, -0.1) is 0 Å². The van der Waals surface area contributed by atoms with Gasteiger partial charge in [-0.25, -0.2) is 0 Å². The fourth-order valence-electron chi connectivity index (χ4n) is 7.16. The molecule has 0 spiro atoms. The molecule has 3 aromatic carbocycles. The molecule has 3 aromatic rings. The van der Waals surface area contributed by atoms with Crippen molar-refractivity contribution in [1.29, 1.82) is 0 Å². The summed E-state index contributed by atoms with van der Waals surface area (Å²) >= 11 is 0. The van der Waals surface area contributed by atoms with Crippen molar-refractivity contribution in [2.45, 2.75) is 24.5 Å². The molecule has 1 amide bonds. The first-order chi connectivity index (χ1) is 19.9. The van der Waals surface area contributed by atoms with E-state index in [2.05, 4.69) is 0 Å². The highest BCUT2D eigenvalue weighted by Crippen LogP contribution is 2.54. The second-order valence-corrected chi connectivity index (χ2v) is 11.3. The zero-order valence-electron chi connectivity index (χ0n) is 22.8. The van der Waals surface area contributed by atoms with Crippen LogP contribution in [0.15, 0.2) is 65.4 Å². The molecule has 0 aliphatic heterocycles. The lowest BCUT2D eigenvalue weighted by Gasteiger charge is -2.50. The number of benzene rings is 3. The molecule has 4 atom stereocenters. The minimum Gasteiger partial charge on any atom is -0.508 e. The summed E-state index contributed by atoms with van der Waals surface area (Å²) in [4.78, 5) is 52.7. The topological polar surface area (TPSA) is 178 Å². The normalized spacial score (nSPS) is 25.4. The van der Waals surface area contributed by atoms with E-state index in [-0.39, 0.29) is 29.7 Å². The van der Waals surface area contributed by atoms with Crippen LogP contribution in [-0.4, -0.2) is 74.8 Å². The van der Waals surface area contributed by atoms with E-state index in [1.807, 2.05) is 24.3 Å². The summed E-state index contributed by atoms with van der Waals surface area (Å²) in [5.74, 6) is -6.99. The Balaban J connectivity index is 1.59. The van der Waals surface area contributed by atoms with E-state index in [4.69, 9.17) is 5.73 Å². The van der Waals surface area contributed by atoms with Crippen LogP contribution in [0, 0.1) is 11.8 Å². The molecule has 3 aliphatic carbocycles. The molecule has 10 nitrogen and oxygen atoms in total. The average Bonchev–Trinajstić information content (AvgIpc) is 2.94. The Morgan fingerprint density at radius 2 is 1.67 bits per heavy atom. The van der Waals surface area contributed by atoms with Gasteiger partial charge < -0.3 is 26.2 Å². The van der Waals surface area contributed by atoms with E-state index in [1.54, 1.807) is 32.3 Å². The average molecular weight is 569 g/mol. The zero-order chi connectivity index (χ0) is 30.2. The van der Waals surface area contributed by atoms with Crippen molar-refractivity contribution >= 4 is 40.3 Å². The fourth-order valence-corrected chi connectivity index (χ4v) is 7.16. The highest BCUT2D eigenvalue weighted by Gasteiger charge is 2.64. The van der Waals surface area contributed by atoms with E-state index >= 15 is 0 Å². The van der Waals surface area contributed by atoms with E-state index in [0.29, 0.717) is 16.7 Å². The Hall–Kier alpha value is -4.80. The van der Waals surface area contributed by atoms with E-state index < -0.39 is 58.0 Å². The molecule has 6 N–H and O–H groups in total. The number of phenols is 1. The summed E-state index contributed by atoms with van der Waals surface area (Å²) < 4.78 is 0. The third-order valence-electron chi connectivity index (χ3n) is 8.98. The van der Waals surface area contributed by atoms with Crippen molar-refractivity contribution in [3.05, 3.63) is 82.1 Å². The van der Waals surface area contributed by atoms with Crippen LogP contribution in [0.3, 0.4) is 0 Å². The molecule has 3 aliphatic rings. The Labute approximate surface area is 240 Å². The minimum atomic E-state index is -2.70. The predicted molar refractivity (Wildman–Crippen MR) is 153 cm³/mol. The Bertz CT molecular complexity index is 1820. The molecule has 0 radical (unpaired) electrons. The number of aliphatic hydroxyl groups is 3. The number of primary amides is 1. The number of nitrogens with two attached hydrogens (primary N) is 1. The van der Waals surface area contributed by atoms with Gasteiger partial charge >= 0.3 is 0 Å². The molecule has 0 bridgehead atoms. The molecule has 6 rings (SSSR count). The molecule has 214 valence electrons. The largest absolute Gasteiger partial charge is 0.508 e. The quantitative estimate of drug-likeness (QED) is 0.234.